The molecule has 0 radical (unpaired) electrons. The number of amides is 1. The van der Waals surface area contributed by atoms with Gasteiger partial charge in [0, 0.05) is 37.8 Å². The van der Waals surface area contributed by atoms with Gasteiger partial charge in [0.25, 0.3) is 0 Å². The summed E-state index contributed by atoms with van der Waals surface area (Å²) in [7, 11) is 1.88. The fourth-order valence-electron chi connectivity index (χ4n) is 2.77. The molecule has 1 unspecified atom stereocenters. The maximum Gasteiger partial charge on any atom is 0.226 e. The van der Waals surface area contributed by atoms with Gasteiger partial charge in [-0.25, -0.2) is 0 Å². The number of hydrogen-bond acceptors (Lipinski definition) is 2. The van der Waals surface area contributed by atoms with Crippen molar-refractivity contribution < 1.29 is 4.79 Å². The lowest BCUT2D eigenvalue weighted by Crippen LogP contribution is -2.36. The van der Waals surface area contributed by atoms with Crippen molar-refractivity contribution in [3.8, 4) is 0 Å². The Labute approximate surface area is 139 Å². The molecule has 0 aliphatic carbocycles. The van der Waals surface area contributed by atoms with Crippen LogP contribution in [-0.2, 0) is 24.3 Å². The van der Waals surface area contributed by atoms with Gasteiger partial charge < -0.3 is 4.90 Å². The van der Waals surface area contributed by atoms with Crippen molar-refractivity contribution in [2.75, 3.05) is 7.05 Å². The quantitative estimate of drug-likeness (QED) is 0.786. The van der Waals surface area contributed by atoms with Crippen LogP contribution < -0.4 is 0 Å². The summed E-state index contributed by atoms with van der Waals surface area (Å²) in [6, 6.07) is 10.2. The molecule has 2 aromatic rings. The van der Waals surface area contributed by atoms with Gasteiger partial charge in [-0.15, -0.1) is 0 Å². The lowest BCUT2D eigenvalue weighted by molar-refractivity contribution is -0.136. The van der Waals surface area contributed by atoms with Crippen molar-refractivity contribution in [3.63, 3.8) is 0 Å². The number of aryl methyl sites for hydroxylation is 1. The fraction of sp³-hybridized carbons (Fsp3) is 0.474. The van der Waals surface area contributed by atoms with Crippen LogP contribution in [-0.4, -0.2) is 27.6 Å². The smallest absolute Gasteiger partial charge is 0.226 e. The van der Waals surface area contributed by atoms with Crippen LogP contribution in [0.3, 0.4) is 0 Å². The maximum atomic E-state index is 12.9. The molecule has 0 aliphatic rings. The van der Waals surface area contributed by atoms with Crippen LogP contribution in [0.25, 0.3) is 0 Å². The predicted octanol–water partition coefficient (Wildman–Crippen LogP) is 3.38. The van der Waals surface area contributed by atoms with E-state index in [-0.39, 0.29) is 11.8 Å². The summed E-state index contributed by atoms with van der Waals surface area (Å²) in [6.07, 6.45) is 4.64. The molecule has 0 bridgehead atoms. The third-order valence-electron chi connectivity index (χ3n) is 4.23. The van der Waals surface area contributed by atoms with Crippen molar-refractivity contribution in [1.82, 2.24) is 14.7 Å². The number of nitrogens with zero attached hydrogens (tertiary/aromatic N) is 3. The van der Waals surface area contributed by atoms with Gasteiger partial charge >= 0.3 is 0 Å². The van der Waals surface area contributed by atoms with Crippen LogP contribution in [0.2, 0.25) is 0 Å². The van der Waals surface area contributed by atoms with Crippen LogP contribution in [0.15, 0.2) is 42.7 Å². The molecule has 4 nitrogen and oxygen atoms in total. The molecule has 1 atom stereocenters. The van der Waals surface area contributed by atoms with Gasteiger partial charge in [0.2, 0.25) is 5.91 Å². The first kappa shape index (κ1) is 17.3. The van der Waals surface area contributed by atoms with Gasteiger partial charge in [-0.1, -0.05) is 44.2 Å². The minimum atomic E-state index is 0.00335. The zero-order chi connectivity index (χ0) is 16.8. The van der Waals surface area contributed by atoms with Crippen LogP contribution >= 0.6 is 0 Å². The Morgan fingerprint density at radius 2 is 1.91 bits per heavy atom. The number of rotatable bonds is 7. The lowest BCUT2D eigenvalue weighted by Gasteiger charge is -2.26. The maximum absolute atomic E-state index is 12.9. The second-order valence-corrected chi connectivity index (χ2v) is 6.44. The molecule has 0 N–H and O–H groups in total. The van der Waals surface area contributed by atoms with Crippen molar-refractivity contribution in [1.29, 1.82) is 0 Å². The molecule has 0 aliphatic heterocycles. The largest absolute Gasteiger partial charge is 0.341 e. The summed E-state index contributed by atoms with van der Waals surface area (Å²) in [4.78, 5) is 14.7. The number of aromatic nitrogens is 2. The molecular formula is C19H27N3O. The van der Waals surface area contributed by atoms with E-state index in [4.69, 9.17) is 0 Å². The molecule has 2 rings (SSSR count). The summed E-state index contributed by atoms with van der Waals surface area (Å²) < 4.78 is 1.89. The lowest BCUT2D eigenvalue weighted by atomic mass is 9.88. The van der Waals surface area contributed by atoms with E-state index in [1.54, 1.807) is 0 Å². The third kappa shape index (κ3) is 4.68. The second kappa shape index (κ2) is 7.95. The Bertz CT molecular complexity index is 619. The van der Waals surface area contributed by atoms with E-state index in [0.717, 1.165) is 18.5 Å². The Balaban J connectivity index is 2.04. The van der Waals surface area contributed by atoms with Crippen molar-refractivity contribution >= 4 is 5.91 Å². The van der Waals surface area contributed by atoms with Crippen LogP contribution in [0.4, 0.5) is 0 Å². The molecule has 0 saturated carbocycles. The normalized spacial score (nSPS) is 12.4. The van der Waals surface area contributed by atoms with E-state index in [1.807, 2.05) is 47.2 Å². The van der Waals surface area contributed by atoms with Crippen LogP contribution in [0, 0.1) is 11.8 Å². The number of carbonyl (C=O) groups is 1. The van der Waals surface area contributed by atoms with E-state index < -0.39 is 0 Å². The first-order chi connectivity index (χ1) is 11.0. The molecular weight excluding hydrogens is 286 g/mol. The molecule has 1 aromatic heterocycles. The SMILES string of the molecule is CCn1cc(CN(C)C(=O)C(Cc2ccccc2)C(C)C)cn1. The molecule has 1 amide bonds. The number of hydrogen-bond donors (Lipinski definition) is 0. The third-order valence-corrected chi connectivity index (χ3v) is 4.23. The van der Waals surface area contributed by atoms with Crippen molar-refractivity contribution in [3.05, 3.63) is 53.9 Å². The van der Waals surface area contributed by atoms with Crippen molar-refractivity contribution in [2.45, 2.75) is 40.3 Å². The van der Waals surface area contributed by atoms with Gasteiger partial charge in [0.15, 0.2) is 0 Å². The van der Waals surface area contributed by atoms with Gasteiger partial charge in [-0.3, -0.25) is 9.48 Å². The van der Waals surface area contributed by atoms with E-state index >= 15 is 0 Å². The predicted molar refractivity (Wildman–Crippen MR) is 92.8 cm³/mol. The minimum Gasteiger partial charge on any atom is -0.341 e. The van der Waals surface area contributed by atoms with Gasteiger partial charge in [0.1, 0.15) is 0 Å². The molecule has 124 valence electrons. The Hall–Kier alpha value is -2.10. The topological polar surface area (TPSA) is 38.1 Å². The summed E-state index contributed by atoms with van der Waals surface area (Å²) in [5.41, 5.74) is 2.29. The highest BCUT2D eigenvalue weighted by molar-refractivity contribution is 5.79. The summed E-state index contributed by atoms with van der Waals surface area (Å²) in [6.45, 7) is 7.75. The highest BCUT2D eigenvalue weighted by atomic mass is 16.2. The molecule has 1 heterocycles. The monoisotopic (exact) mass is 313 g/mol. The van der Waals surface area contributed by atoms with Crippen molar-refractivity contribution in [2.24, 2.45) is 11.8 Å². The van der Waals surface area contributed by atoms with E-state index in [1.165, 1.54) is 5.56 Å². The van der Waals surface area contributed by atoms with E-state index in [9.17, 15) is 4.79 Å². The molecule has 4 heteroatoms. The first-order valence-corrected chi connectivity index (χ1v) is 8.31. The highest BCUT2D eigenvalue weighted by Crippen LogP contribution is 2.20. The highest BCUT2D eigenvalue weighted by Gasteiger charge is 2.25. The molecule has 0 saturated heterocycles. The zero-order valence-electron chi connectivity index (χ0n) is 14.6. The average Bonchev–Trinajstić information content (AvgIpc) is 3.00. The summed E-state index contributed by atoms with van der Waals surface area (Å²) in [5.74, 6) is 0.514. The van der Waals surface area contributed by atoms with Gasteiger partial charge in [0.05, 0.1) is 6.20 Å². The Kier molecular flexibility index (Phi) is 5.97. The van der Waals surface area contributed by atoms with Gasteiger partial charge in [-0.05, 0) is 24.8 Å². The first-order valence-electron chi connectivity index (χ1n) is 8.31. The standard InChI is InChI=1S/C19H27N3O/c1-5-22-14-17(12-20-22)13-21(4)19(23)18(15(2)3)11-16-9-7-6-8-10-16/h6-10,12,14-15,18H,5,11,13H2,1-4H3. The van der Waals surface area contributed by atoms with E-state index in [2.05, 4.69) is 38.0 Å². The van der Waals surface area contributed by atoms with Crippen LogP contribution in [0.1, 0.15) is 31.9 Å². The average molecular weight is 313 g/mol. The van der Waals surface area contributed by atoms with Gasteiger partial charge in [-0.2, -0.15) is 5.10 Å². The Morgan fingerprint density at radius 3 is 2.48 bits per heavy atom. The second-order valence-electron chi connectivity index (χ2n) is 6.44. The number of benzene rings is 1. The molecule has 1 aromatic carbocycles. The molecule has 23 heavy (non-hydrogen) atoms. The summed E-state index contributed by atoms with van der Waals surface area (Å²) in [5, 5.41) is 4.27. The number of carbonyl (C=O) groups excluding carboxylic acids is 1. The van der Waals surface area contributed by atoms with E-state index in [0.29, 0.717) is 12.5 Å². The molecule has 0 fully saturated rings. The molecule has 0 spiro atoms. The Morgan fingerprint density at radius 1 is 1.22 bits per heavy atom. The summed E-state index contributed by atoms with van der Waals surface area (Å²) >= 11 is 0. The zero-order valence-corrected chi connectivity index (χ0v) is 14.6. The fourth-order valence-corrected chi connectivity index (χ4v) is 2.77. The van der Waals surface area contributed by atoms with Crippen LogP contribution in [0.5, 0.6) is 0 Å². The minimum absolute atomic E-state index is 0.00335.